The minimum Gasteiger partial charge on any atom is -0.420 e. The van der Waals surface area contributed by atoms with Gasteiger partial charge in [0.15, 0.2) is 0 Å². The third-order valence-electron chi connectivity index (χ3n) is 5.64. The number of hydrogen-bond donors (Lipinski definition) is 0. The first-order valence-corrected chi connectivity index (χ1v) is 9.81. The van der Waals surface area contributed by atoms with E-state index in [1.165, 1.54) is 5.56 Å². The molecule has 1 saturated heterocycles. The summed E-state index contributed by atoms with van der Waals surface area (Å²) in [5.41, 5.74) is 3.89. The van der Waals surface area contributed by atoms with Crippen LogP contribution in [0, 0.1) is 19.8 Å². The number of amides is 1. The number of methoxy groups -OCH3 is 1. The van der Waals surface area contributed by atoms with Gasteiger partial charge in [-0.1, -0.05) is 24.3 Å². The Bertz CT molecular complexity index is 1000. The van der Waals surface area contributed by atoms with Crippen LogP contribution in [-0.4, -0.2) is 47.8 Å². The normalized spacial score (nSPS) is 18.9. The van der Waals surface area contributed by atoms with Crippen LogP contribution in [0.3, 0.4) is 0 Å². The van der Waals surface area contributed by atoms with Crippen LogP contribution in [0.5, 0.6) is 0 Å². The Morgan fingerprint density at radius 2 is 1.90 bits per heavy atom. The topological polar surface area (TPSA) is 68.5 Å². The summed E-state index contributed by atoms with van der Waals surface area (Å²) in [5, 5.41) is 8.50. The number of hydrogen-bond acceptors (Lipinski definition) is 5. The van der Waals surface area contributed by atoms with E-state index in [0.717, 1.165) is 11.1 Å². The van der Waals surface area contributed by atoms with Gasteiger partial charge in [0.25, 0.3) is 5.91 Å². The lowest BCUT2D eigenvalue weighted by Crippen LogP contribution is -2.29. The van der Waals surface area contributed by atoms with Crippen molar-refractivity contribution in [3.63, 3.8) is 0 Å². The summed E-state index contributed by atoms with van der Waals surface area (Å²) in [4.78, 5) is 14.9. The first kappa shape index (κ1) is 19.3. The minimum absolute atomic E-state index is 0.0273. The summed E-state index contributed by atoms with van der Waals surface area (Å²) in [6.07, 6.45) is 0. The van der Waals surface area contributed by atoms with Gasteiger partial charge >= 0.3 is 0 Å². The second kappa shape index (κ2) is 8.17. The van der Waals surface area contributed by atoms with E-state index in [-0.39, 0.29) is 17.7 Å². The minimum atomic E-state index is -0.0459. The molecule has 0 saturated carbocycles. The Morgan fingerprint density at radius 3 is 2.62 bits per heavy atom. The molecule has 1 aromatic heterocycles. The highest BCUT2D eigenvalue weighted by Gasteiger charge is 2.39. The van der Waals surface area contributed by atoms with E-state index in [9.17, 15) is 4.79 Å². The summed E-state index contributed by atoms with van der Waals surface area (Å²) in [6, 6.07) is 15.5. The van der Waals surface area contributed by atoms with Gasteiger partial charge in [0.2, 0.25) is 11.8 Å². The van der Waals surface area contributed by atoms with Crippen molar-refractivity contribution in [2.45, 2.75) is 19.8 Å². The Balaban J connectivity index is 1.56. The molecule has 4 rings (SSSR count). The summed E-state index contributed by atoms with van der Waals surface area (Å²) in [5.74, 6) is 1.14. The predicted octanol–water partition coefficient (Wildman–Crippen LogP) is 3.86. The standard InChI is InChI=1S/C23H25N3O3/c1-15-9-10-18(11-16(15)2)23(27)26-12-19(14-28-3)20(13-26)22-25-24-21(29-22)17-7-5-4-6-8-17/h4-11,19-20H,12-14H2,1-3H3/t19-,20+/m0/s1. The van der Waals surface area contributed by atoms with E-state index in [1.807, 2.05) is 67.3 Å². The van der Waals surface area contributed by atoms with Gasteiger partial charge in [-0.2, -0.15) is 0 Å². The Kier molecular flexibility index (Phi) is 5.45. The molecule has 2 atom stereocenters. The second-order valence-corrected chi connectivity index (χ2v) is 7.64. The van der Waals surface area contributed by atoms with E-state index in [0.29, 0.717) is 37.0 Å². The van der Waals surface area contributed by atoms with Crippen LogP contribution in [0.1, 0.15) is 33.3 Å². The number of aryl methyl sites for hydroxylation is 2. The number of likely N-dealkylation sites (tertiary alicyclic amines) is 1. The van der Waals surface area contributed by atoms with E-state index in [1.54, 1.807) is 7.11 Å². The van der Waals surface area contributed by atoms with Gasteiger partial charge in [-0.25, -0.2) is 0 Å². The molecule has 3 aromatic rings. The largest absolute Gasteiger partial charge is 0.420 e. The molecule has 2 aromatic carbocycles. The quantitative estimate of drug-likeness (QED) is 0.661. The summed E-state index contributed by atoms with van der Waals surface area (Å²) >= 11 is 0. The number of nitrogens with zero attached hydrogens (tertiary/aromatic N) is 3. The van der Waals surface area contributed by atoms with Crippen LogP contribution >= 0.6 is 0 Å². The lowest BCUT2D eigenvalue weighted by Gasteiger charge is -2.17. The van der Waals surface area contributed by atoms with Crippen LogP contribution in [-0.2, 0) is 4.74 Å². The van der Waals surface area contributed by atoms with Gasteiger partial charge in [-0.3, -0.25) is 4.79 Å². The van der Waals surface area contributed by atoms with E-state index in [2.05, 4.69) is 10.2 Å². The van der Waals surface area contributed by atoms with Gasteiger partial charge in [0.05, 0.1) is 12.5 Å². The van der Waals surface area contributed by atoms with Crippen molar-refractivity contribution < 1.29 is 13.9 Å². The fraction of sp³-hybridized carbons (Fsp3) is 0.348. The molecule has 1 aliphatic heterocycles. The highest BCUT2D eigenvalue weighted by atomic mass is 16.5. The number of carbonyl (C=O) groups is 1. The molecule has 0 bridgehead atoms. The predicted molar refractivity (Wildman–Crippen MR) is 110 cm³/mol. The zero-order valence-corrected chi connectivity index (χ0v) is 17.0. The molecule has 0 radical (unpaired) electrons. The average molecular weight is 391 g/mol. The van der Waals surface area contributed by atoms with Crippen LogP contribution < -0.4 is 0 Å². The van der Waals surface area contributed by atoms with Crippen molar-refractivity contribution in [1.82, 2.24) is 15.1 Å². The monoisotopic (exact) mass is 391 g/mol. The molecule has 0 N–H and O–H groups in total. The van der Waals surface area contributed by atoms with Gasteiger partial charge < -0.3 is 14.1 Å². The number of rotatable bonds is 5. The molecule has 0 aliphatic carbocycles. The van der Waals surface area contributed by atoms with E-state index < -0.39 is 0 Å². The molecule has 1 amide bonds. The number of aromatic nitrogens is 2. The summed E-state index contributed by atoms with van der Waals surface area (Å²) in [7, 11) is 1.67. The maximum atomic E-state index is 13.1. The molecular weight excluding hydrogens is 366 g/mol. The zero-order valence-electron chi connectivity index (χ0n) is 17.0. The Hall–Kier alpha value is -2.99. The first-order valence-electron chi connectivity index (χ1n) is 9.81. The van der Waals surface area contributed by atoms with Crippen molar-refractivity contribution in [1.29, 1.82) is 0 Å². The first-order chi connectivity index (χ1) is 14.1. The molecule has 29 heavy (non-hydrogen) atoms. The molecule has 1 aliphatic rings. The zero-order chi connectivity index (χ0) is 20.4. The van der Waals surface area contributed by atoms with Gasteiger partial charge in [-0.15, -0.1) is 10.2 Å². The van der Waals surface area contributed by atoms with E-state index in [4.69, 9.17) is 9.15 Å². The van der Waals surface area contributed by atoms with Crippen molar-refractivity contribution in [3.8, 4) is 11.5 Å². The van der Waals surface area contributed by atoms with Crippen molar-refractivity contribution in [2.24, 2.45) is 5.92 Å². The summed E-state index contributed by atoms with van der Waals surface area (Å²) in [6.45, 7) is 5.74. The third-order valence-corrected chi connectivity index (χ3v) is 5.64. The molecular formula is C23H25N3O3. The van der Waals surface area contributed by atoms with Crippen LogP contribution in [0.2, 0.25) is 0 Å². The van der Waals surface area contributed by atoms with Crippen LogP contribution in [0.25, 0.3) is 11.5 Å². The number of ether oxygens (including phenoxy) is 1. The van der Waals surface area contributed by atoms with E-state index >= 15 is 0 Å². The number of carbonyl (C=O) groups excluding carboxylic acids is 1. The molecule has 0 unspecified atom stereocenters. The molecule has 6 heteroatoms. The van der Waals surface area contributed by atoms with Crippen LogP contribution in [0.15, 0.2) is 52.9 Å². The average Bonchev–Trinajstić information content (AvgIpc) is 3.38. The van der Waals surface area contributed by atoms with Gasteiger partial charge in [0.1, 0.15) is 0 Å². The fourth-order valence-electron chi connectivity index (χ4n) is 3.84. The summed E-state index contributed by atoms with van der Waals surface area (Å²) < 4.78 is 11.4. The Labute approximate surface area is 170 Å². The van der Waals surface area contributed by atoms with Crippen molar-refractivity contribution in [3.05, 3.63) is 71.1 Å². The molecule has 1 fully saturated rings. The lowest BCUT2D eigenvalue weighted by atomic mass is 9.97. The molecule has 0 spiro atoms. The maximum absolute atomic E-state index is 13.1. The Morgan fingerprint density at radius 1 is 1.10 bits per heavy atom. The van der Waals surface area contributed by atoms with Crippen molar-refractivity contribution >= 4 is 5.91 Å². The fourth-order valence-corrected chi connectivity index (χ4v) is 3.84. The molecule has 6 nitrogen and oxygen atoms in total. The SMILES string of the molecule is COC[C@@H]1CN(C(=O)c2ccc(C)c(C)c2)C[C@H]1c1nnc(-c2ccccc2)o1. The maximum Gasteiger partial charge on any atom is 0.253 e. The molecule has 150 valence electrons. The third kappa shape index (κ3) is 3.93. The molecule has 2 heterocycles. The van der Waals surface area contributed by atoms with Crippen LogP contribution in [0.4, 0.5) is 0 Å². The second-order valence-electron chi connectivity index (χ2n) is 7.64. The highest BCUT2D eigenvalue weighted by Crippen LogP contribution is 2.34. The smallest absolute Gasteiger partial charge is 0.253 e. The highest BCUT2D eigenvalue weighted by molar-refractivity contribution is 5.94. The van der Waals surface area contributed by atoms with Gasteiger partial charge in [0, 0.05) is 37.2 Å². The lowest BCUT2D eigenvalue weighted by molar-refractivity contribution is 0.0775. The van der Waals surface area contributed by atoms with Crippen molar-refractivity contribution in [2.75, 3.05) is 26.8 Å². The van der Waals surface area contributed by atoms with Gasteiger partial charge in [-0.05, 0) is 49.2 Å². The number of benzene rings is 2.